The minimum Gasteiger partial charge on any atom is -0.383 e. The number of nitrogens with zero attached hydrogens (tertiary/aromatic N) is 2. The molecule has 0 unspecified atom stereocenters. The summed E-state index contributed by atoms with van der Waals surface area (Å²) in [5.41, 5.74) is -0.236. The number of hydrogen-bond acceptors (Lipinski definition) is 8. The summed E-state index contributed by atoms with van der Waals surface area (Å²) in [5.74, 6) is -1.81. The molecule has 2 rings (SSSR count). The Bertz CT molecular complexity index is 827. The molecule has 1 saturated heterocycles. The Kier molecular flexibility index (Phi) is 7.39. The third-order valence-electron chi connectivity index (χ3n) is 3.83. The Balaban J connectivity index is 2.00. The van der Waals surface area contributed by atoms with Gasteiger partial charge in [0.15, 0.2) is 0 Å². The number of amides is 2. The number of sulfonamides is 1. The molecule has 0 saturated carbocycles. The van der Waals surface area contributed by atoms with Gasteiger partial charge in [0.05, 0.1) is 29.6 Å². The van der Waals surface area contributed by atoms with Gasteiger partial charge in [-0.1, -0.05) is 0 Å². The van der Waals surface area contributed by atoms with E-state index in [9.17, 15) is 28.1 Å². The fourth-order valence-corrected chi connectivity index (χ4v) is 3.93. The third-order valence-corrected chi connectivity index (χ3v) is 5.74. The average molecular weight is 416 g/mol. The van der Waals surface area contributed by atoms with Crippen LogP contribution in [0.1, 0.15) is 0 Å². The zero-order chi connectivity index (χ0) is 20.7. The Morgan fingerprint density at radius 1 is 1.29 bits per heavy atom. The van der Waals surface area contributed by atoms with Crippen molar-refractivity contribution in [2.24, 2.45) is 0 Å². The van der Waals surface area contributed by atoms with Crippen molar-refractivity contribution in [3.63, 3.8) is 0 Å². The summed E-state index contributed by atoms with van der Waals surface area (Å²) < 4.78 is 36.6. The maximum atomic E-state index is 12.7. The lowest BCUT2D eigenvalue weighted by Gasteiger charge is -2.22. The molecule has 2 N–H and O–H groups in total. The summed E-state index contributed by atoms with van der Waals surface area (Å²) >= 11 is 0. The lowest BCUT2D eigenvalue weighted by Crippen LogP contribution is -2.47. The van der Waals surface area contributed by atoms with E-state index in [1.54, 1.807) is 0 Å². The van der Waals surface area contributed by atoms with Crippen LogP contribution in [0.25, 0.3) is 0 Å². The second-order valence-corrected chi connectivity index (χ2v) is 7.54. The van der Waals surface area contributed by atoms with Crippen molar-refractivity contribution in [2.75, 3.05) is 40.0 Å². The number of ether oxygens (including phenoxy) is 2. The van der Waals surface area contributed by atoms with Crippen LogP contribution in [0.2, 0.25) is 0 Å². The Hall–Kier alpha value is -2.61. The van der Waals surface area contributed by atoms with Crippen molar-refractivity contribution in [1.82, 2.24) is 14.9 Å². The molecule has 1 aliphatic heterocycles. The zero-order valence-corrected chi connectivity index (χ0v) is 15.8. The molecule has 1 aromatic carbocycles. The summed E-state index contributed by atoms with van der Waals surface area (Å²) in [5, 5.41) is 15.4. The second kappa shape index (κ2) is 9.54. The van der Waals surface area contributed by atoms with Gasteiger partial charge in [-0.3, -0.25) is 19.7 Å². The van der Waals surface area contributed by atoms with Crippen LogP contribution in [-0.4, -0.2) is 75.6 Å². The standard InChI is InChI=1S/C15H20N4O8S/c1-26-8-6-16-14(20)15(21)17-10-13-18(7-9-27-13)28(24,25)12-4-2-11(3-5-12)19(22)23/h2-5,13H,6-10H2,1H3,(H,16,20)(H,17,21)/t13-/m1/s1. The van der Waals surface area contributed by atoms with Crippen molar-refractivity contribution in [3.8, 4) is 0 Å². The van der Waals surface area contributed by atoms with Crippen molar-refractivity contribution in [1.29, 1.82) is 0 Å². The van der Waals surface area contributed by atoms with Crippen LogP contribution in [0.4, 0.5) is 5.69 Å². The van der Waals surface area contributed by atoms with Crippen molar-refractivity contribution in [3.05, 3.63) is 34.4 Å². The van der Waals surface area contributed by atoms with Crippen molar-refractivity contribution >= 4 is 27.5 Å². The molecule has 12 nitrogen and oxygen atoms in total. The zero-order valence-electron chi connectivity index (χ0n) is 15.0. The van der Waals surface area contributed by atoms with Crippen LogP contribution in [-0.2, 0) is 29.1 Å². The summed E-state index contributed by atoms with van der Waals surface area (Å²) in [4.78, 5) is 33.3. The molecule has 1 atom stereocenters. The van der Waals surface area contributed by atoms with E-state index in [2.05, 4.69) is 10.6 Å². The molecule has 0 radical (unpaired) electrons. The molecule has 1 fully saturated rings. The summed E-state index contributed by atoms with van der Waals surface area (Å²) in [6.07, 6.45) is -1.00. The number of non-ortho nitro benzene ring substituents is 1. The molecule has 0 bridgehead atoms. The molecule has 1 heterocycles. The molecule has 0 aromatic heterocycles. The largest absolute Gasteiger partial charge is 0.383 e. The number of methoxy groups -OCH3 is 1. The topological polar surface area (TPSA) is 157 Å². The van der Waals surface area contributed by atoms with E-state index in [4.69, 9.17) is 9.47 Å². The number of nitro benzene ring substituents is 1. The number of hydrogen-bond donors (Lipinski definition) is 2. The van der Waals surface area contributed by atoms with E-state index in [0.29, 0.717) is 0 Å². The monoisotopic (exact) mass is 416 g/mol. The van der Waals surface area contributed by atoms with Gasteiger partial charge in [-0.15, -0.1) is 0 Å². The highest BCUT2D eigenvalue weighted by molar-refractivity contribution is 7.89. The quantitative estimate of drug-likeness (QED) is 0.232. The van der Waals surface area contributed by atoms with Gasteiger partial charge >= 0.3 is 11.8 Å². The fourth-order valence-electron chi connectivity index (χ4n) is 2.42. The number of nitrogens with one attached hydrogen (secondary N) is 2. The predicted molar refractivity (Wildman–Crippen MR) is 94.6 cm³/mol. The van der Waals surface area contributed by atoms with Gasteiger partial charge in [0.2, 0.25) is 10.0 Å². The van der Waals surface area contributed by atoms with Crippen molar-refractivity contribution in [2.45, 2.75) is 11.1 Å². The lowest BCUT2D eigenvalue weighted by atomic mass is 10.3. The molecular formula is C15H20N4O8S. The van der Waals surface area contributed by atoms with E-state index in [1.807, 2.05) is 0 Å². The minimum absolute atomic E-state index is 0.0416. The smallest absolute Gasteiger partial charge is 0.309 e. The summed E-state index contributed by atoms with van der Waals surface area (Å²) in [6, 6.07) is 4.44. The fraction of sp³-hybridized carbons (Fsp3) is 0.467. The van der Waals surface area contributed by atoms with Gasteiger partial charge in [-0.05, 0) is 12.1 Å². The van der Waals surface area contributed by atoms with Gasteiger partial charge in [-0.2, -0.15) is 4.31 Å². The molecule has 0 aliphatic carbocycles. The van der Waals surface area contributed by atoms with Gasteiger partial charge in [0, 0.05) is 32.3 Å². The highest BCUT2D eigenvalue weighted by Gasteiger charge is 2.36. The van der Waals surface area contributed by atoms with Gasteiger partial charge in [0.25, 0.3) is 5.69 Å². The van der Waals surface area contributed by atoms with E-state index in [1.165, 1.54) is 7.11 Å². The lowest BCUT2D eigenvalue weighted by molar-refractivity contribution is -0.384. The van der Waals surface area contributed by atoms with E-state index in [-0.39, 0.29) is 43.4 Å². The van der Waals surface area contributed by atoms with Crippen LogP contribution in [0, 0.1) is 10.1 Å². The number of benzene rings is 1. The first kappa shape index (κ1) is 21.7. The molecule has 0 spiro atoms. The van der Waals surface area contributed by atoms with Gasteiger partial charge < -0.3 is 20.1 Å². The minimum atomic E-state index is -4.00. The van der Waals surface area contributed by atoms with Crippen molar-refractivity contribution < 1.29 is 32.4 Å². The van der Waals surface area contributed by atoms with Crippen LogP contribution in [0.15, 0.2) is 29.2 Å². The van der Waals surface area contributed by atoms with E-state index in [0.717, 1.165) is 28.6 Å². The maximum absolute atomic E-state index is 12.7. The summed E-state index contributed by atoms with van der Waals surface area (Å²) in [7, 11) is -2.55. The Morgan fingerprint density at radius 3 is 2.54 bits per heavy atom. The molecular weight excluding hydrogens is 396 g/mol. The second-order valence-electron chi connectivity index (χ2n) is 5.65. The number of rotatable bonds is 8. The number of nitro groups is 1. The van der Waals surface area contributed by atoms with E-state index >= 15 is 0 Å². The van der Waals surface area contributed by atoms with Gasteiger partial charge in [-0.25, -0.2) is 8.42 Å². The molecule has 1 aromatic rings. The predicted octanol–water partition coefficient (Wildman–Crippen LogP) is -1.18. The highest BCUT2D eigenvalue weighted by atomic mass is 32.2. The SMILES string of the molecule is COCCNC(=O)C(=O)NC[C@H]1OCCN1S(=O)(=O)c1ccc([N+](=O)[O-])cc1. The molecule has 2 amide bonds. The molecule has 1 aliphatic rings. The molecule has 28 heavy (non-hydrogen) atoms. The average Bonchev–Trinajstić information content (AvgIpc) is 3.15. The first-order valence-corrected chi connectivity index (χ1v) is 9.64. The first-order valence-electron chi connectivity index (χ1n) is 8.20. The first-order chi connectivity index (χ1) is 13.3. The van der Waals surface area contributed by atoms with Crippen LogP contribution in [0.3, 0.4) is 0 Å². The Morgan fingerprint density at radius 2 is 1.93 bits per heavy atom. The van der Waals surface area contributed by atoms with Crippen LogP contribution < -0.4 is 10.6 Å². The molecule has 13 heteroatoms. The summed E-state index contributed by atoms with van der Waals surface area (Å²) in [6.45, 7) is 0.310. The highest BCUT2D eigenvalue weighted by Crippen LogP contribution is 2.23. The Labute approximate surface area is 161 Å². The van der Waals surface area contributed by atoms with Gasteiger partial charge in [0.1, 0.15) is 6.23 Å². The normalized spacial score (nSPS) is 17.2. The third kappa shape index (κ3) is 5.22. The van der Waals surface area contributed by atoms with Crippen LogP contribution in [0.5, 0.6) is 0 Å². The van der Waals surface area contributed by atoms with E-state index < -0.39 is 33.0 Å². The maximum Gasteiger partial charge on any atom is 0.309 e. The number of carbonyl (C=O) groups is 2. The van der Waals surface area contributed by atoms with Crippen LogP contribution >= 0.6 is 0 Å². The molecule has 154 valence electrons. The number of carbonyl (C=O) groups excluding carboxylic acids is 2.